The first kappa shape index (κ1) is 23.0. The molecule has 10 heteroatoms. The standard InChI is InChI=1S/C20H27F3N2O4S/c1-14-7-10-24(13-17(14)29-2)19(26)15-8-11-25(12-9-15)30(27,28)18-6-4-3-5-16(18)20(21,22)23/h3-6,14-15,17H,7-13H2,1-2H3. The van der Waals surface area contributed by atoms with Crippen molar-refractivity contribution < 1.29 is 31.1 Å². The Bertz CT molecular complexity index is 867. The number of carbonyl (C=O) groups is 1. The van der Waals surface area contributed by atoms with E-state index in [1.54, 1.807) is 12.0 Å². The molecule has 2 saturated heterocycles. The number of alkyl halides is 3. The highest BCUT2D eigenvalue weighted by Crippen LogP contribution is 2.36. The maximum atomic E-state index is 13.3. The normalized spacial score (nSPS) is 24.8. The maximum absolute atomic E-state index is 13.3. The van der Waals surface area contributed by atoms with Crippen LogP contribution in [0.25, 0.3) is 0 Å². The number of nitrogens with zero attached hydrogens (tertiary/aromatic N) is 2. The van der Waals surface area contributed by atoms with Crippen molar-refractivity contribution in [2.24, 2.45) is 11.8 Å². The maximum Gasteiger partial charge on any atom is 0.417 e. The van der Waals surface area contributed by atoms with Crippen molar-refractivity contribution in [1.82, 2.24) is 9.21 Å². The highest BCUT2D eigenvalue weighted by molar-refractivity contribution is 7.89. The Balaban J connectivity index is 1.68. The summed E-state index contributed by atoms with van der Waals surface area (Å²) >= 11 is 0. The van der Waals surface area contributed by atoms with E-state index in [9.17, 15) is 26.4 Å². The van der Waals surface area contributed by atoms with Crippen molar-refractivity contribution in [2.75, 3.05) is 33.3 Å². The Hall–Kier alpha value is -1.65. The minimum atomic E-state index is -4.76. The average molecular weight is 449 g/mol. The number of halogens is 3. The SMILES string of the molecule is COC1CN(C(=O)C2CCN(S(=O)(=O)c3ccccc3C(F)(F)F)CC2)CCC1C. The number of likely N-dealkylation sites (tertiary alicyclic amines) is 1. The molecule has 0 radical (unpaired) electrons. The summed E-state index contributed by atoms with van der Waals surface area (Å²) in [4.78, 5) is 13.9. The smallest absolute Gasteiger partial charge is 0.379 e. The van der Waals surface area contributed by atoms with Crippen LogP contribution in [0.2, 0.25) is 0 Å². The lowest BCUT2D eigenvalue weighted by Crippen LogP contribution is -2.50. The number of methoxy groups -OCH3 is 1. The second-order valence-electron chi connectivity index (χ2n) is 8.00. The molecule has 2 unspecified atom stereocenters. The third-order valence-electron chi connectivity index (χ3n) is 6.12. The van der Waals surface area contributed by atoms with Gasteiger partial charge in [0.15, 0.2) is 0 Å². The van der Waals surface area contributed by atoms with E-state index in [4.69, 9.17) is 4.74 Å². The topological polar surface area (TPSA) is 66.9 Å². The second-order valence-corrected chi connectivity index (χ2v) is 9.90. The summed E-state index contributed by atoms with van der Waals surface area (Å²) in [6.45, 7) is 3.26. The molecule has 2 atom stereocenters. The van der Waals surface area contributed by atoms with Crippen molar-refractivity contribution in [1.29, 1.82) is 0 Å². The number of benzene rings is 1. The molecular formula is C20H27F3N2O4S. The van der Waals surface area contributed by atoms with Gasteiger partial charge in [-0.25, -0.2) is 8.42 Å². The average Bonchev–Trinajstić information content (AvgIpc) is 2.73. The fourth-order valence-electron chi connectivity index (χ4n) is 4.21. The molecule has 0 aromatic heterocycles. The molecule has 6 nitrogen and oxygen atoms in total. The first-order valence-corrected chi connectivity index (χ1v) is 11.5. The lowest BCUT2D eigenvalue weighted by Gasteiger charge is -2.39. The zero-order chi connectivity index (χ0) is 22.1. The van der Waals surface area contributed by atoms with Gasteiger partial charge in [0, 0.05) is 39.2 Å². The van der Waals surface area contributed by atoms with Gasteiger partial charge in [0.1, 0.15) is 0 Å². The van der Waals surface area contributed by atoms with Crippen molar-refractivity contribution in [3.05, 3.63) is 29.8 Å². The number of hydrogen-bond acceptors (Lipinski definition) is 4. The zero-order valence-corrected chi connectivity index (χ0v) is 17.9. The summed E-state index contributed by atoms with van der Waals surface area (Å²) in [6, 6.07) is 4.20. The van der Waals surface area contributed by atoms with Crippen molar-refractivity contribution in [2.45, 2.75) is 43.4 Å². The molecule has 0 aliphatic carbocycles. The second kappa shape index (κ2) is 8.84. The number of rotatable bonds is 4. The van der Waals surface area contributed by atoms with E-state index in [1.165, 1.54) is 12.1 Å². The number of carbonyl (C=O) groups excluding carboxylic acids is 1. The molecule has 1 amide bonds. The third kappa shape index (κ3) is 4.65. The summed E-state index contributed by atoms with van der Waals surface area (Å²) < 4.78 is 72.0. The van der Waals surface area contributed by atoms with Gasteiger partial charge in [-0.05, 0) is 37.3 Å². The third-order valence-corrected chi connectivity index (χ3v) is 8.07. The van der Waals surface area contributed by atoms with E-state index in [1.807, 2.05) is 0 Å². The molecule has 0 spiro atoms. The van der Waals surface area contributed by atoms with Gasteiger partial charge in [-0.1, -0.05) is 19.1 Å². The van der Waals surface area contributed by atoms with Crippen LogP contribution in [0.5, 0.6) is 0 Å². The number of sulfonamides is 1. The predicted molar refractivity (Wildman–Crippen MR) is 104 cm³/mol. The molecule has 0 N–H and O–H groups in total. The van der Waals surface area contributed by atoms with Crippen LogP contribution in [-0.2, 0) is 25.7 Å². The Morgan fingerprint density at radius 3 is 2.33 bits per heavy atom. The van der Waals surface area contributed by atoms with Crippen LogP contribution >= 0.6 is 0 Å². The van der Waals surface area contributed by atoms with Crippen LogP contribution < -0.4 is 0 Å². The molecule has 168 valence electrons. The first-order valence-electron chi connectivity index (χ1n) is 10.0. The van der Waals surface area contributed by atoms with Crippen LogP contribution in [0.1, 0.15) is 31.7 Å². The minimum absolute atomic E-state index is 0.0167. The van der Waals surface area contributed by atoms with E-state index in [0.29, 0.717) is 19.0 Å². The van der Waals surface area contributed by atoms with Crippen molar-refractivity contribution >= 4 is 15.9 Å². The number of amides is 1. The summed E-state index contributed by atoms with van der Waals surface area (Å²) in [5.74, 6) is -0.00310. The van der Waals surface area contributed by atoms with Gasteiger partial charge in [-0.2, -0.15) is 17.5 Å². The molecule has 0 bridgehead atoms. The minimum Gasteiger partial charge on any atom is -0.379 e. The summed E-state index contributed by atoms with van der Waals surface area (Å²) in [6.07, 6.45) is -3.37. The monoisotopic (exact) mass is 448 g/mol. The van der Waals surface area contributed by atoms with Crippen molar-refractivity contribution in [3.63, 3.8) is 0 Å². The molecule has 1 aromatic carbocycles. The molecule has 2 heterocycles. The van der Waals surface area contributed by atoms with E-state index < -0.39 is 26.7 Å². The lowest BCUT2D eigenvalue weighted by atomic mass is 9.92. The van der Waals surface area contributed by atoms with Gasteiger partial charge in [-0.15, -0.1) is 0 Å². The molecule has 1 aromatic rings. The first-order chi connectivity index (χ1) is 14.1. The van der Waals surface area contributed by atoms with Gasteiger partial charge in [0.05, 0.1) is 16.6 Å². The molecule has 0 saturated carbocycles. The highest BCUT2D eigenvalue weighted by Gasteiger charge is 2.41. The number of piperidine rings is 2. The number of hydrogen-bond donors (Lipinski definition) is 0. The summed E-state index contributed by atoms with van der Waals surface area (Å²) in [7, 11) is -2.68. The van der Waals surface area contributed by atoms with Gasteiger partial charge >= 0.3 is 6.18 Å². The van der Waals surface area contributed by atoms with Crippen LogP contribution in [-0.4, -0.2) is 62.9 Å². The molecular weight excluding hydrogens is 421 g/mol. The Labute approximate surface area is 175 Å². The van der Waals surface area contributed by atoms with E-state index in [0.717, 1.165) is 22.9 Å². The number of ether oxygens (including phenoxy) is 1. The van der Waals surface area contributed by atoms with E-state index >= 15 is 0 Å². The Kier molecular flexibility index (Phi) is 6.78. The zero-order valence-electron chi connectivity index (χ0n) is 17.1. The highest BCUT2D eigenvalue weighted by atomic mass is 32.2. The van der Waals surface area contributed by atoms with Crippen LogP contribution in [0.4, 0.5) is 13.2 Å². The predicted octanol–water partition coefficient (Wildman–Crippen LogP) is 2.99. The van der Waals surface area contributed by atoms with Crippen LogP contribution in [0.3, 0.4) is 0 Å². The van der Waals surface area contributed by atoms with Gasteiger partial charge in [-0.3, -0.25) is 4.79 Å². The largest absolute Gasteiger partial charge is 0.417 e. The summed E-state index contributed by atoms with van der Waals surface area (Å²) in [5, 5.41) is 0. The molecule has 3 rings (SSSR count). The van der Waals surface area contributed by atoms with Crippen LogP contribution in [0.15, 0.2) is 29.2 Å². The fourth-order valence-corrected chi connectivity index (χ4v) is 5.89. The molecule has 2 fully saturated rings. The molecule has 2 aliphatic rings. The van der Waals surface area contributed by atoms with Crippen molar-refractivity contribution in [3.8, 4) is 0 Å². The van der Waals surface area contributed by atoms with E-state index in [-0.39, 0.29) is 43.9 Å². The van der Waals surface area contributed by atoms with Gasteiger partial charge in [0.25, 0.3) is 0 Å². The lowest BCUT2D eigenvalue weighted by molar-refractivity contribution is -0.141. The Morgan fingerprint density at radius 1 is 1.10 bits per heavy atom. The quantitative estimate of drug-likeness (QED) is 0.710. The van der Waals surface area contributed by atoms with E-state index in [2.05, 4.69) is 6.92 Å². The van der Waals surface area contributed by atoms with Gasteiger partial charge < -0.3 is 9.64 Å². The van der Waals surface area contributed by atoms with Gasteiger partial charge in [0.2, 0.25) is 15.9 Å². The molecule has 2 aliphatic heterocycles. The summed E-state index contributed by atoms with van der Waals surface area (Å²) in [5.41, 5.74) is -1.17. The van der Waals surface area contributed by atoms with Crippen LogP contribution in [0, 0.1) is 11.8 Å². The Morgan fingerprint density at radius 2 is 1.73 bits per heavy atom. The fraction of sp³-hybridized carbons (Fsp3) is 0.650. The molecule has 30 heavy (non-hydrogen) atoms.